The zero-order chi connectivity index (χ0) is 16.1. The molecule has 0 bridgehead atoms. The van der Waals surface area contributed by atoms with Crippen molar-refractivity contribution in [1.82, 2.24) is 5.32 Å². The molecule has 0 aromatic heterocycles. The van der Waals surface area contributed by atoms with E-state index in [2.05, 4.69) is 21.2 Å². The van der Waals surface area contributed by atoms with Crippen molar-refractivity contribution in [1.29, 1.82) is 0 Å². The maximum atomic E-state index is 12.3. The largest absolute Gasteiger partial charge is 0.548 e. The molecule has 1 aromatic rings. The first-order chi connectivity index (χ1) is 10.5. The summed E-state index contributed by atoms with van der Waals surface area (Å²) in [5.74, 6) is -1.40. The van der Waals surface area contributed by atoms with E-state index in [4.69, 9.17) is 5.73 Å². The van der Waals surface area contributed by atoms with Crippen LogP contribution < -0.4 is 16.2 Å². The van der Waals surface area contributed by atoms with Gasteiger partial charge in [0.15, 0.2) is 0 Å². The molecule has 0 saturated heterocycles. The summed E-state index contributed by atoms with van der Waals surface area (Å²) in [4.78, 5) is 23.6. The van der Waals surface area contributed by atoms with Crippen molar-refractivity contribution in [2.24, 2.45) is 5.92 Å². The number of aliphatic carboxylic acids is 1. The summed E-state index contributed by atoms with van der Waals surface area (Å²) in [5.41, 5.74) is 6.36. The van der Waals surface area contributed by atoms with Gasteiger partial charge in [-0.15, -0.1) is 0 Å². The fourth-order valence-electron chi connectivity index (χ4n) is 2.93. The molecule has 120 valence electrons. The van der Waals surface area contributed by atoms with Crippen molar-refractivity contribution in [2.45, 2.75) is 44.6 Å². The Labute approximate surface area is 138 Å². The highest BCUT2D eigenvalue weighted by Crippen LogP contribution is 2.27. The lowest BCUT2D eigenvalue weighted by atomic mass is 9.85. The summed E-state index contributed by atoms with van der Waals surface area (Å²) in [6, 6.07) is 3.94. The van der Waals surface area contributed by atoms with Gasteiger partial charge < -0.3 is 21.0 Å². The molecule has 2 rings (SSSR count). The molecule has 0 heterocycles. The van der Waals surface area contributed by atoms with Crippen LogP contribution in [0.4, 0.5) is 5.69 Å². The number of nitrogens with two attached hydrogens (primary N) is 1. The van der Waals surface area contributed by atoms with E-state index in [1.807, 2.05) is 0 Å². The van der Waals surface area contributed by atoms with Gasteiger partial charge in [0.2, 0.25) is 0 Å². The molecule has 5 nitrogen and oxygen atoms in total. The predicted molar refractivity (Wildman–Crippen MR) is 86.0 cm³/mol. The van der Waals surface area contributed by atoms with Gasteiger partial charge in [0.05, 0.1) is 17.6 Å². The Morgan fingerprint density at radius 3 is 2.64 bits per heavy atom. The number of halogens is 1. The van der Waals surface area contributed by atoms with Crippen LogP contribution in [-0.4, -0.2) is 17.9 Å². The first-order valence-corrected chi connectivity index (χ1v) is 8.33. The van der Waals surface area contributed by atoms with Gasteiger partial charge in [0.25, 0.3) is 5.91 Å². The third-order valence-corrected chi connectivity index (χ3v) is 4.64. The molecule has 1 aliphatic carbocycles. The number of carbonyl (C=O) groups excluding carboxylic acids is 2. The van der Waals surface area contributed by atoms with Crippen LogP contribution in [0.5, 0.6) is 0 Å². The first kappa shape index (κ1) is 16.8. The van der Waals surface area contributed by atoms with E-state index in [-0.39, 0.29) is 5.56 Å². The Kier molecular flexibility index (Phi) is 5.83. The maximum absolute atomic E-state index is 12.3. The highest BCUT2D eigenvalue weighted by Gasteiger charge is 2.22. The van der Waals surface area contributed by atoms with E-state index in [0.717, 1.165) is 25.7 Å². The Balaban J connectivity index is 2.05. The molecule has 0 unspecified atom stereocenters. The Hall–Kier alpha value is -1.56. The first-order valence-electron chi connectivity index (χ1n) is 7.54. The number of hydrogen-bond donors (Lipinski definition) is 2. The van der Waals surface area contributed by atoms with Crippen LogP contribution in [0, 0.1) is 5.92 Å². The number of anilines is 1. The molecular formula is C16H20BrN2O3-. The van der Waals surface area contributed by atoms with Gasteiger partial charge in [0.1, 0.15) is 0 Å². The van der Waals surface area contributed by atoms with Crippen molar-refractivity contribution in [3.63, 3.8) is 0 Å². The third kappa shape index (κ3) is 4.47. The standard InChI is InChI=1S/C16H21BrN2O3/c17-11-6-7-13(18)12(9-11)15(20)19-14(16(21)22)8-10-4-2-1-3-5-10/h6-7,9-10,14H,1-5,8,18H2,(H,19,20)(H,21,22)/p-1/t14-/m1/s1. The molecule has 6 heteroatoms. The lowest BCUT2D eigenvalue weighted by Crippen LogP contribution is -2.49. The van der Waals surface area contributed by atoms with Crippen molar-refractivity contribution >= 4 is 33.5 Å². The second-order valence-corrected chi connectivity index (χ2v) is 6.73. The molecule has 1 atom stereocenters. The summed E-state index contributed by atoms with van der Waals surface area (Å²) in [5, 5.41) is 13.9. The smallest absolute Gasteiger partial charge is 0.253 e. The molecule has 3 N–H and O–H groups in total. The molecule has 1 aliphatic rings. The number of nitrogen functional groups attached to an aromatic ring is 1. The Morgan fingerprint density at radius 2 is 2.00 bits per heavy atom. The molecule has 1 fully saturated rings. The summed E-state index contributed by atoms with van der Waals surface area (Å²) < 4.78 is 0.712. The van der Waals surface area contributed by atoms with Gasteiger partial charge >= 0.3 is 0 Å². The normalized spacial score (nSPS) is 17.0. The number of benzene rings is 1. The zero-order valence-corrected chi connectivity index (χ0v) is 13.9. The fraction of sp³-hybridized carbons (Fsp3) is 0.500. The third-order valence-electron chi connectivity index (χ3n) is 4.14. The van der Waals surface area contributed by atoms with Crippen molar-refractivity contribution < 1.29 is 14.7 Å². The van der Waals surface area contributed by atoms with E-state index >= 15 is 0 Å². The fourth-order valence-corrected chi connectivity index (χ4v) is 3.29. The van der Waals surface area contributed by atoms with E-state index in [9.17, 15) is 14.7 Å². The average molecular weight is 368 g/mol. The molecule has 0 aliphatic heterocycles. The summed E-state index contributed by atoms with van der Waals surface area (Å²) >= 11 is 3.28. The van der Waals surface area contributed by atoms with Gasteiger partial charge in [0, 0.05) is 10.2 Å². The van der Waals surface area contributed by atoms with Gasteiger partial charge in [-0.2, -0.15) is 0 Å². The van der Waals surface area contributed by atoms with Crippen molar-refractivity contribution in [3.8, 4) is 0 Å². The second-order valence-electron chi connectivity index (χ2n) is 5.82. The summed E-state index contributed by atoms with van der Waals surface area (Å²) in [7, 11) is 0. The van der Waals surface area contributed by atoms with Gasteiger partial charge in [-0.05, 0) is 30.5 Å². The van der Waals surface area contributed by atoms with Crippen LogP contribution in [0.15, 0.2) is 22.7 Å². The molecule has 0 radical (unpaired) electrons. The average Bonchev–Trinajstić information content (AvgIpc) is 2.50. The number of carboxylic acids is 1. The lowest BCUT2D eigenvalue weighted by molar-refractivity contribution is -0.308. The SMILES string of the molecule is Nc1ccc(Br)cc1C(=O)N[C@H](CC1CCCCC1)C(=O)[O-]. The minimum absolute atomic E-state index is 0.268. The quantitative estimate of drug-likeness (QED) is 0.776. The van der Waals surface area contributed by atoms with E-state index in [1.54, 1.807) is 18.2 Å². The predicted octanol–water partition coefficient (Wildman–Crippen LogP) is 1.85. The Bertz CT molecular complexity index is 556. The number of carbonyl (C=O) groups is 2. The number of hydrogen-bond acceptors (Lipinski definition) is 4. The van der Waals surface area contributed by atoms with Gasteiger partial charge in [-0.3, -0.25) is 4.79 Å². The van der Waals surface area contributed by atoms with Gasteiger partial charge in [-0.1, -0.05) is 48.0 Å². The van der Waals surface area contributed by atoms with Crippen LogP contribution in [0.3, 0.4) is 0 Å². The van der Waals surface area contributed by atoms with Crippen LogP contribution >= 0.6 is 15.9 Å². The Morgan fingerprint density at radius 1 is 1.32 bits per heavy atom. The van der Waals surface area contributed by atoms with Crippen LogP contribution in [0.1, 0.15) is 48.9 Å². The highest BCUT2D eigenvalue weighted by atomic mass is 79.9. The molecule has 1 saturated carbocycles. The number of carboxylic acid groups (broad SMARTS) is 1. The molecule has 1 aromatic carbocycles. The lowest BCUT2D eigenvalue weighted by Gasteiger charge is -2.27. The number of rotatable bonds is 5. The van der Waals surface area contributed by atoms with Crippen molar-refractivity contribution in [3.05, 3.63) is 28.2 Å². The van der Waals surface area contributed by atoms with E-state index in [1.165, 1.54) is 6.42 Å². The van der Waals surface area contributed by atoms with E-state index < -0.39 is 17.9 Å². The minimum Gasteiger partial charge on any atom is -0.548 e. The van der Waals surface area contributed by atoms with Crippen LogP contribution in [0.2, 0.25) is 0 Å². The zero-order valence-electron chi connectivity index (χ0n) is 12.3. The molecule has 0 spiro atoms. The monoisotopic (exact) mass is 367 g/mol. The minimum atomic E-state index is -1.24. The van der Waals surface area contributed by atoms with Crippen LogP contribution in [-0.2, 0) is 4.79 Å². The summed E-state index contributed by atoms with van der Waals surface area (Å²) in [6.45, 7) is 0. The molecular weight excluding hydrogens is 348 g/mol. The van der Waals surface area contributed by atoms with Gasteiger partial charge in [-0.25, -0.2) is 0 Å². The summed E-state index contributed by atoms with van der Waals surface area (Å²) in [6.07, 6.45) is 5.89. The number of amides is 1. The maximum Gasteiger partial charge on any atom is 0.253 e. The van der Waals surface area contributed by atoms with Crippen molar-refractivity contribution in [2.75, 3.05) is 5.73 Å². The number of nitrogens with one attached hydrogen (secondary N) is 1. The molecule has 1 amide bonds. The molecule has 22 heavy (non-hydrogen) atoms. The highest BCUT2D eigenvalue weighted by molar-refractivity contribution is 9.10. The van der Waals surface area contributed by atoms with E-state index in [0.29, 0.717) is 22.5 Å². The second kappa shape index (κ2) is 7.63. The topological polar surface area (TPSA) is 95.2 Å². The van der Waals surface area contributed by atoms with Crippen LogP contribution in [0.25, 0.3) is 0 Å².